The summed E-state index contributed by atoms with van der Waals surface area (Å²) in [6.07, 6.45) is 5.66. The van der Waals surface area contributed by atoms with Gasteiger partial charge in [0.1, 0.15) is 5.52 Å². The first-order valence-corrected chi connectivity index (χ1v) is 12.7. The number of carbonyl (C=O) groups excluding carboxylic acids is 2. The number of benzene rings is 1. The van der Waals surface area contributed by atoms with Crippen molar-refractivity contribution >= 4 is 66.6 Å². The van der Waals surface area contributed by atoms with Gasteiger partial charge in [0, 0.05) is 13.1 Å². The normalized spacial score (nSPS) is 14.5. The van der Waals surface area contributed by atoms with Gasteiger partial charge in [-0.05, 0) is 30.4 Å². The number of ether oxygens (including phenoxy) is 1. The SMILES string of the molecule is COC(=O)c1nc2cc(N(C)C3CCCCC3)c3nc(N)sc3c2n(C(=O)c2cccs2)c1=O. The summed E-state index contributed by atoms with van der Waals surface area (Å²) >= 11 is 2.40. The first-order chi connectivity index (χ1) is 16.4. The zero-order chi connectivity index (χ0) is 24.0. The van der Waals surface area contributed by atoms with Gasteiger partial charge >= 0.3 is 5.97 Å². The van der Waals surface area contributed by atoms with Crippen molar-refractivity contribution in [2.45, 2.75) is 38.1 Å². The van der Waals surface area contributed by atoms with Gasteiger partial charge in [-0.15, -0.1) is 11.3 Å². The highest BCUT2D eigenvalue weighted by Crippen LogP contribution is 2.39. The number of carbonyl (C=O) groups is 2. The predicted octanol–water partition coefficient (Wildman–Crippen LogP) is 3.89. The van der Waals surface area contributed by atoms with Crippen LogP contribution in [0, 0.1) is 0 Å². The molecule has 0 spiro atoms. The van der Waals surface area contributed by atoms with Gasteiger partial charge in [-0.2, -0.15) is 0 Å². The number of nitrogen functional groups attached to an aromatic ring is 1. The number of nitrogens with two attached hydrogens (primary N) is 1. The number of anilines is 2. The summed E-state index contributed by atoms with van der Waals surface area (Å²) in [4.78, 5) is 50.7. The van der Waals surface area contributed by atoms with E-state index >= 15 is 0 Å². The second-order valence-electron chi connectivity index (χ2n) is 8.27. The van der Waals surface area contributed by atoms with Crippen molar-refractivity contribution in [2.75, 3.05) is 24.8 Å². The van der Waals surface area contributed by atoms with Gasteiger partial charge in [0.15, 0.2) is 5.13 Å². The van der Waals surface area contributed by atoms with Crippen LogP contribution in [0.1, 0.15) is 52.3 Å². The third kappa shape index (κ3) is 3.64. The number of nitrogens with zero attached hydrogens (tertiary/aromatic N) is 4. The molecule has 1 aromatic carbocycles. The summed E-state index contributed by atoms with van der Waals surface area (Å²) in [5.74, 6) is -1.44. The third-order valence-electron chi connectivity index (χ3n) is 6.30. The zero-order valence-electron chi connectivity index (χ0n) is 18.7. The molecule has 4 aromatic rings. The van der Waals surface area contributed by atoms with Crippen molar-refractivity contribution in [1.29, 1.82) is 0 Å². The number of hydrogen-bond donors (Lipinski definition) is 1. The summed E-state index contributed by atoms with van der Waals surface area (Å²) in [5.41, 5.74) is 6.88. The van der Waals surface area contributed by atoms with Crippen LogP contribution in [-0.4, -0.2) is 46.6 Å². The molecular formula is C23H23N5O4S2. The van der Waals surface area contributed by atoms with E-state index in [9.17, 15) is 14.4 Å². The second-order valence-corrected chi connectivity index (χ2v) is 10.2. The molecule has 5 rings (SSSR count). The van der Waals surface area contributed by atoms with E-state index in [4.69, 9.17) is 10.5 Å². The Balaban J connectivity index is 1.85. The van der Waals surface area contributed by atoms with Gasteiger partial charge in [-0.25, -0.2) is 19.3 Å². The Morgan fingerprint density at radius 2 is 2.00 bits per heavy atom. The Hall–Kier alpha value is -3.31. The van der Waals surface area contributed by atoms with E-state index in [0.29, 0.717) is 37.3 Å². The standard InChI is InChI=1S/C23H23N5O4S2/c1-27(12-7-4-3-5-8-12)14-11-13-18(19-16(14)26-23(24)34-19)28(20(29)15-9-6-10-33-15)21(30)17(25-13)22(31)32-2/h6,9-12H,3-5,7-8H2,1-2H3,(H2,24,26). The minimum Gasteiger partial charge on any atom is -0.464 e. The van der Waals surface area contributed by atoms with Crippen LogP contribution < -0.4 is 16.2 Å². The Morgan fingerprint density at radius 3 is 2.68 bits per heavy atom. The largest absolute Gasteiger partial charge is 0.464 e. The molecule has 9 nitrogen and oxygen atoms in total. The van der Waals surface area contributed by atoms with E-state index in [1.54, 1.807) is 23.6 Å². The van der Waals surface area contributed by atoms with Crippen LogP contribution in [0.4, 0.5) is 10.8 Å². The number of rotatable bonds is 4. The second kappa shape index (κ2) is 8.80. The lowest BCUT2D eigenvalue weighted by atomic mass is 9.94. The molecule has 3 heterocycles. The summed E-state index contributed by atoms with van der Waals surface area (Å²) < 4.78 is 6.38. The highest BCUT2D eigenvalue weighted by molar-refractivity contribution is 7.23. The van der Waals surface area contributed by atoms with Crippen LogP contribution in [0.15, 0.2) is 28.4 Å². The molecule has 0 saturated heterocycles. The minimum atomic E-state index is -0.897. The van der Waals surface area contributed by atoms with Gasteiger partial charge < -0.3 is 15.4 Å². The summed E-state index contributed by atoms with van der Waals surface area (Å²) in [6, 6.07) is 5.48. The number of fused-ring (bicyclic) bond motifs is 3. The van der Waals surface area contributed by atoms with Crippen LogP contribution >= 0.6 is 22.7 Å². The Morgan fingerprint density at radius 1 is 1.24 bits per heavy atom. The Labute approximate surface area is 202 Å². The molecule has 3 aromatic heterocycles. The molecule has 0 amide bonds. The molecule has 11 heteroatoms. The number of esters is 1. The third-order valence-corrected chi connectivity index (χ3v) is 8.04. The van der Waals surface area contributed by atoms with Crippen LogP contribution in [0.3, 0.4) is 0 Å². The fraction of sp³-hybridized carbons (Fsp3) is 0.348. The molecule has 1 aliphatic rings. The predicted molar refractivity (Wildman–Crippen MR) is 134 cm³/mol. The molecule has 2 N–H and O–H groups in total. The van der Waals surface area contributed by atoms with Crippen LogP contribution in [0.25, 0.3) is 21.3 Å². The van der Waals surface area contributed by atoms with E-state index in [-0.39, 0.29) is 0 Å². The molecule has 34 heavy (non-hydrogen) atoms. The summed E-state index contributed by atoms with van der Waals surface area (Å²) in [6.45, 7) is 0. The van der Waals surface area contributed by atoms with Crippen molar-refractivity contribution in [1.82, 2.24) is 14.5 Å². The van der Waals surface area contributed by atoms with Crippen molar-refractivity contribution in [3.05, 3.63) is 44.5 Å². The molecule has 0 unspecified atom stereocenters. The highest BCUT2D eigenvalue weighted by atomic mass is 32.1. The lowest BCUT2D eigenvalue weighted by Crippen LogP contribution is -2.35. The molecule has 176 valence electrons. The molecule has 1 saturated carbocycles. The van der Waals surface area contributed by atoms with Gasteiger partial charge in [0.25, 0.3) is 11.5 Å². The van der Waals surface area contributed by atoms with Gasteiger partial charge in [0.05, 0.1) is 33.4 Å². The summed E-state index contributed by atoms with van der Waals surface area (Å²) in [7, 11) is 3.19. The molecule has 0 aliphatic heterocycles. The van der Waals surface area contributed by atoms with Gasteiger partial charge in [0.2, 0.25) is 5.69 Å². The maximum Gasteiger partial charge on any atom is 0.362 e. The average molecular weight is 498 g/mol. The maximum absolute atomic E-state index is 13.5. The van der Waals surface area contributed by atoms with Gasteiger partial charge in [-0.1, -0.05) is 36.7 Å². The van der Waals surface area contributed by atoms with Crippen molar-refractivity contribution in [2.24, 2.45) is 0 Å². The quantitative estimate of drug-likeness (QED) is 0.422. The molecule has 1 aliphatic carbocycles. The van der Waals surface area contributed by atoms with Crippen molar-refractivity contribution in [3.8, 4) is 0 Å². The molecule has 1 fully saturated rings. The van der Waals surface area contributed by atoms with Crippen molar-refractivity contribution in [3.63, 3.8) is 0 Å². The fourth-order valence-corrected chi connectivity index (χ4v) is 6.14. The zero-order valence-corrected chi connectivity index (χ0v) is 20.4. The topological polar surface area (TPSA) is 120 Å². The van der Waals surface area contributed by atoms with E-state index < -0.39 is 23.1 Å². The lowest BCUT2D eigenvalue weighted by Gasteiger charge is -2.33. The van der Waals surface area contributed by atoms with E-state index in [0.717, 1.165) is 35.9 Å². The van der Waals surface area contributed by atoms with E-state index in [1.807, 2.05) is 7.05 Å². The molecular weight excluding hydrogens is 474 g/mol. The number of hydrogen-bond acceptors (Lipinski definition) is 10. The summed E-state index contributed by atoms with van der Waals surface area (Å²) in [5, 5.41) is 2.07. The van der Waals surface area contributed by atoms with Crippen molar-refractivity contribution < 1.29 is 14.3 Å². The number of methoxy groups -OCH3 is 1. The molecule has 0 atom stereocenters. The molecule has 0 radical (unpaired) electrons. The van der Waals surface area contributed by atoms with Crippen LogP contribution in [-0.2, 0) is 4.74 Å². The molecule has 0 bridgehead atoms. The average Bonchev–Trinajstić information content (AvgIpc) is 3.52. The number of aromatic nitrogens is 3. The van der Waals surface area contributed by atoms with Crippen LogP contribution in [0.2, 0.25) is 0 Å². The van der Waals surface area contributed by atoms with E-state index in [1.165, 1.54) is 36.2 Å². The minimum absolute atomic E-state index is 0.293. The monoisotopic (exact) mass is 497 g/mol. The van der Waals surface area contributed by atoms with Crippen LogP contribution in [0.5, 0.6) is 0 Å². The fourth-order valence-electron chi connectivity index (χ4n) is 4.60. The highest BCUT2D eigenvalue weighted by Gasteiger charge is 2.28. The number of thiophene rings is 1. The first kappa shape index (κ1) is 22.5. The van der Waals surface area contributed by atoms with Gasteiger partial charge in [-0.3, -0.25) is 9.59 Å². The Bertz CT molecular complexity index is 1470. The maximum atomic E-state index is 13.5. The van der Waals surface area contributed by atoms with E-state index in [2.05, 4.69) is 14.9 Å². The number of thiazole rings is 1. The smallest absolute Gasteiger partial charge is 0.362 e. The Kier molecular flexibility index (Phi) is 5.82. The lowest BCUT2D eigenvalue weighted by molar-refractivity contribution is 0.0592. The first-order valence-electron chi connectivity index (χ1n) is 11.0.